The van der Waals surface area contributed by atoms with Crippen LogP contribution in [0.4, 0.5) is 4.79 Å². The van der Waals surface area contributed by atoms with E-state index >= 15 is 0 Å². The van der Waals surface area contributed by atoms with E-state index in [0.717, 1.165) is 10.6 Å². The highest BCUT2D eigenvalue weighted by Gasteiger charge is 2.54. The van der Waals surface area contributed by atoms with E-state index in [1.54, 1.807) is 54.7 Å². The van der Waals surface area contributed by atoms with Gasteiger partial charge in [0.15, 0.2) is 10.7 Å². The van der Waals surface area contributed by atoms with Crippen molar-refractivity contribution < 1.29 is 14.4 Å². The molecule has 1 aromatic heterocycles. The fourth-order valence-electron chi connectivity index (χ4n) is 4.19. The quantitative estimate of drug-likeness (QED) is 0.287. The Morgan fingerprint density at radius 1 is 0.889 bits per heavy atom. The zero-order valence-electron chi connectivity index (χ0n) is 19.2. The number of aromatic nitrogens is 2. The highest BCUT2D eigenvalue weighted by atomic mass is 32.2. The van der Waals surface area contributed by atoms with E-state index in [4.69, 9.17) is 0 Å². The number of thioether (sulfide) groups is 1. The van der Waals surface area contributed by atoms with Crippen molar-refractivity contribution >= 4 is 29.6 Å². The summed E-state index contributed by atoms with van der Waals surface area (Å²) in [4.78, 5) is 43.7. The van der Waals surface area contributed by atoms with Crippen LogP contribution in [-0.2, 0) is 21.7 Å². The van der Waals surface area contributed by atoms with Crippen molar-refractivity contribution in [2.24, 2.45) is 0 Å². The average molecular weight is 498 g/mol. The summed E-state index contributed by atoms with van der Waals surface area (Å²) in [5.41, 5.74) is 3.35. The zero-order chi connectivity index (χ0) is 25.0. The maximum atomic E-state index is 13.7. The molecule has 0 aliphatic carbocycles. The molecule has 1 aliphatic rings. The molecule has 9 heteroatoms. The zero-order valence-corrected chi connectivity index (χ0v) is 20.0. The number of rotatable bonds is 8. The highest BCUT2D eigenvalue weighted by molar-refractivity contribution is 7.99. The van der Waals surface area contributed by atoms with Crippen LogP contribution in [0.3, 0.4) is 0 Å². The Hall–Kier alpha value is -4.37. The summed E-state index contributed by atoms with van der Waals surface area (Å²) in [6, 6.07) is 27.2. The number of hydrogen-bond acceptors (Lipinski definition) is 5. The summed E-state index contributed by atoms with van der Waals surface area (Å²) in [7, 11) is 0. The number of carbonyl (C=O) groups excluding carboxylic acids is 3. The Morgan fingerprint density at radius 3 is 2.08 bits per heavy atom. The van der Waals surface area contributed by atoms with Crippen LogP contribution in [0, 0.1) is 0 Å². The number of imidazole rings is 1. The second-order valence-electron chi connectivity index (χ2n) is 8.20. The van der Waals surface area contributed by atoms with Crippen LogP contribution in [-0.4, -0.2) is 38.2 Å². The first-order valence-corrected chi connectivity index (χ1v) is 12.3. The van der Waals surface area contributed by atoms with Crippen molar-refractivity contribution in [2.75, 3.05) is 5.75 Å². The van der Waals surface area contributed by atoms with Crippen LogP contribution in [0.15, 0.2) is 109 Å². The van der Waals surface area contributed by atoms with E-state index in [2.05, 4.69) is 15.7 Å². The predicted octanol–water partition coefficient (Wildman–Crippen LogP) is 3.55. The van der Waals surface area contributed by atoms with Crippen LogP contribution in [0.25, 0.3) is 0 Å². The molecule has 0 spiro atoms. The van der Waals surface area contributed by atoms with Gasteiger partial charge in [0.05, 0.1) is 5.75 Å². The minimum atomic E-state index is -1.44. The predicted molar refractivity (Wildman–Crippen MR) is 136 cm³/mol. The van der Waals surface area contributed by atoms with Gasteiger partial charge in [0.2, 0.25) is 5.91 Å². The minimum absolute atomic E-state index is 0.0213. The van der Waals surface area contributed by atoms with Gasteiger partial charge >= 0.3 is 6.03 Å². The molecule has 36 heavy (non-hydrogen) atoms. The fraction of sp³-hybridized carbons (Fsp3) is 0.111. The van der Waals surface area contributed by atoms with Gasteiger partial charge in [-0.15, -0.1) is 0 Å². The van der Waals surface area contributed by atoms with E-state index in [9.17, 15) is 14.4 Å². The molecule has 2 heterocycles. The third-order valence-corrected chi connectivity index (χ3v) is 6.88. The molecule has 2 N–H and O–H groups in total. The number of benzene rings is 3. The van der Waals surface area contributed by atoms with Gasteiger partial charge in [-0.3, -0.25) is 15.0 Å². The Labute approximate surface area is 212 Å². The second-order valence-corrected chi connectivity index (χ2v) is 9.14. The highest BCUT2D eigenvalue weighted by Crippen LogP contribution is 2.35. The third kappa shape index (κ3) is 4.48. The van der Waals surface area contributed by atoms with Crippen LogP contribution in [0.5, 0.6) is 0 Å². The SMILES string of the molecule is O=C(CSc1nccn1Cc1ccccc1)NN1C(=O)NC(c2ccccc2)(c2ccccc2)C1=O. The summed E-state index contributed by atoms with van der Waals surface area (Å²) < 4.78 is 1.94. The molecule has 4 aromatic rings. The molecule has 3 aromatic carbocycles. The van der Waals surface area contributed by atoms with Crippen LogP contribution < -0.4 is 10.7 Å². The molecule has 5 rings (SSSR count). The molecule has 1 saturated heterocycles. The largest absolute Gasteiger partial charge is 0.344 e. The fourth-order valence-corrected chi connectivity index (χ4v) is 4.94. The molecular formula is C27H23N5O3S. The van der Waals surface area contributed by atoms with E-state index in [1.165, 1.54) is 11.8 Å². The van der Waals surface area contributed by atoms with Gasteiger partial charge in [0.25, 0.3) is 5.91 Å². The van der Waals surface area contributed by atoms with E-state index in [0.29, 0.717) is 22.8 Å². The summed E-state index contributed by atoms with van der Waals surface area (Å²) in [6.07, 6.45) is 3.52. The van der Waals surface area contributed by atoms with Gasteiger partial charge < -0.3 is 9.88 Å². The number of imide groups is 1. The number of amides is 4. The summed E-state index contributed by atoms with van der Waals surface area (Å²) in [5, 5.41) is 4.24. The topological polar surface area (TPSA) is 96.3 Å². The summed E-state index contributed by atoms with van der Waals surface area (Å²) in [5.74, 6) is -1.09. The lowest BCUT2D eigenvalue weighted by atomic mass is 9.83. The lowest BCUT2D eigenvalue weighted by molar-refractivity contribution is -0.137. The number of hydrogen-bond donors (Lipinski definition) is 2. The standard InChI is InChI=1S/C27H23N5O3S/c33-23(19-36-26-28-16-17-31(26)18-20-10-4-1-5-11-20)30-32-24(34)27(29-25(32)35,21-12-6-2-7-13-21)22-14-8-3-9-15-22/h1-17H,18-19H2,(H,29,35)(H,30,33). The average Bonchev–Trinajstić information content (AvgIpc) is 3.46. The molecule has 0 bridgehead atoms. The van der Waals surface area contributed by atoms with Crippen LogP contribution >= 0.6 is 11.8 Å². The van der Waals surface area contributed by atoms with Crippen molar-refractivity contribution in [3.8, 4) is 0 Å². The van der Waals surface area contributed by atoms with Crippen molar-refractivity contribution in [1.29, 1.82) is 0 Å². The lowest BCUT2D eigenvalue weighted by Gasteiger charge is -2.27. The Morgan fingerprint density at radius 2 is 1.47 bits per heavy atom. The molecule has 0 atom stereocenters. The number of nitrogens with one attached hydrogen (secondary N) is 2. The molecule has 0 unspecified atom stereocenters. The van der Waals surface area contributed by atoms with Gasteiger partial charge in [-0.1, -0.05) is 103 Å². The minimum Gasteiger partial charge on any atom is -0.322 e. The van der Waals surface area contributed by atoms with Gasteiger partial charge in [0, 0.05) is 18.9 Å². The second kappa shape index (κ2) is 10.1. The molecular weight excluding hydrogens is 474 g/mol. The molecule has 180 valence electrons. The number of nitrogens with zero attached hydrogens (tertiary/aromatic N) is 3. The van der Waals surface area contributed by atoms with Crippen LogP contribution in [0.1, 0.15) is 16.7 Å². The summed E-state index contributed by atoms with van der Waals surface area (Å²) >= 11 is 1.23. The van der Waals surface area contributed by atoms with Crippen molar-refractivity contribution in [2.45, 2.75) is 17.2 Å². The van der Waals surface area contributed by atoms with Crippen molar-refractivity contribution in [3.05, 3.63) is 120 Å². The van der Waals surface area contributed by atoms with Gasteiger partial charge in [-0.05, 0) is 16.7 Å². The molecule has 4 amide bonds. The molecule has 8 nitrogen and oxygen atoms in total. The van der Waals surface area contributed by atoms with E-state index < -0.39 is 23.4 Å². The first-order chi connectivity index (χ1) is 17.6. The smallest absolute Gasteiger partial charge is 0.322 e. The number of carbonyl (C=O) groups is 3. The molecule has 0 saturated carbocycles. The third-order valence-electron chi connectivity index (χ3n) is 5.88. The first kappa shape index (κ1) is 23.4. The Balaban J connectivity index is 1.31. The Bertz CT molecular complexity index is 1340. The number of urea groups is 1. The summed E-state index contributed by atoms with van der Waals surface area (Å²) in [6.45, 7) is 0.620. The van der Waals surface area contributed by atoms with E-state index in [1.807, 2.05) is 53.2 Å². The lowest BCUT2D eigenvalue weighted by Crippen LogP contribution is -2.49. The maximum absolute atomic E-state index is 13.7. The normalized spacial score (nSPS) is 14.5. The van der Waals surface area contributed by atoms with E-state index in [-0.39, 0.29) is 5.75 Å². The molecule has 0 radical (unpaired) electrons. The van der Waals surface area contributed by atoms with Gasteiger partial charge in [-0.25, -0.2) is 9.78 Å². The first-order valence-electron chi connectivity index (χ1n) is 11.3. The molecule has 1 fully saturated rings. The monoisotopic (exact) mass is 497 g/mol. The van der Waals surface area contributed by atoms with Crippen molar-refractivity contribution in [1.82, 2.24) is 25.3 Å². The van der Waals surface area contributed by atoms with Gasteiger partial charge in [0.1, 0.15) is 0 Å². The van der Waals surface area contributed by atoms with Crippen LogP contribution in [0.2, 0.25) is 0 Å². The molecule has 1 aliphatic heterocycles. The maximum Gasteiger partial charge on any atom is 0.344 e. The Kier molecular flexibility index (Phi) is 6.55. The van der Waals surface area contributed by atoms with Crippen molar-refractivity contribution in [3.63, 3.8) is 0 Å². The number of hydrazine groups is 1. The van der Waals surface area contributed by atoms with Gasteiger partial charge in [-0.2, -0.15) is 5.01 Å².